The zero-order valence-corrected chi connectivity index (χ0v) is 9.14. The van der Waals surface area contributed by atoms with Crippen LogP contribution in [0.1, 0.15) is 25.5 Å². The number of rotatable bonds is 3. The average molecular weight is 203 g/mol. The van der Waals surface area contributed by atoms with Gasteiger partial charge >= 0.3 is 0 Å². The van der Waals surface area contributed by atoms with E-state index < -0.39 is 6.10 Å². The van der Waals surface area contributed by atoms with Crippen molar-refractivity contribution in [2.24, 2.45) is 0 Å². The lowest BCUT2D eigenvalue weighted by Gasteiger charge is -2.11. The lowest BCUT2D eigenvalue weighted by atomic mass is 10.0. The van der Waals surface area contributed by atoms with Crippen molar-refractivity contribution in [1.82, 2.24) is 0 Å². The number of aliphatic hydroxyl groups is 1. The molecule has 2 heteroatoms. The van der Waals surface area contributed by atoms with Crippen LogP contribution in [0.4, 0.5) is 5.69 Å². The molecule has 0 bridgehead atoms. The van der Waals surface area contributed by atoms with Crippen LogP contribution in [-0.4, -0.2) is 5.11 Å². The van der Waals surface area contributed by atoms with Crippen LogP contribution in [0.3, 0.4) is 0 Å². The molecule has 1 aromatic carbocycles. The Morgan fingerprint density at radius 1 is 1.33 bits per heavy atom. The molecule has 0 saturated carbocycles. The number of hydrogen-bond donors (Lipinski definition) is 2. The minimum atomic E-state index is -0.554. The van der Waals surface area contributed by atoms with E-state index in [1.165, 1.54) is 0 Å². The van der Waals surface area contributed by atoms with E-state index in [0.29, 0.717) is 5.69 Å². The SMILES string of the molecule is C/C=C\C=C(/C)C(O)c1ccc(N)cc1. The van der Waals surface area contributed by atoms with Crippen LogP contribution in [0.25, 0.3) is 0 Å². The predicted molar refractivity (Wildman–Crippen MR) is 64.4 cm³/mol. The van der Waals surface area contributed by atoms with Crippen LogP contribution in [0.5, 0.6) is 0 Å². The molecule has 0 aromatic heterocycles. The second kappa shape index (κ2) is 5.37. The molecule has 0 aliphatic heterocycles. The van der Waals surface area contributed by atoms with Gasteiger partial charge in [-0.1, -0.05) is 30.4 Å². The van der Waals surface area contributed by atoms with Gasteiger partial charge in [0.05, 0.1) is 0 Å². The quantitative estimate of drug-likeness (QED) is 0.586. The van der Waals surface area contributed by atoms with Gasteiger partial charge < -0.3 is 10.8 Å². The highest BCUT2D eigenvalue weighted by molar-refractivity contribution is 5.41. The topological polar surface area (TPSA) is 46.2 Å². The van der Waals surface area contributed by atoms with Crippen LogP contribution < -0.4 is 5.73 Å². The first kappa shape index (κ1) is 11.5. The van der Waals surface area contributed by atoms with Crippen LogP contribution in [-0.2, 0) is 0 Å². The molecule has 0 heterocycles. The van der Waals surface area contributed by atoms with Gasteiger partial charge in [-0.25, -0.2) is 0 Å². The van der Waals surface area contributed by atoms with Crippen LogP contribution >= 0.6 is 0 Å². The summed E-state index contributed by atoms with van der Waals surface area (Å²) < 4.78 is 0. The zero-order chi connectivity index (χ0) is 11.3. The third-order valence-electron chi connectivity index (χ3n) is 2.24. The maximum absolute atomic E-state index is 9.96. The molecule has 0 aliphatic rings. The van der Waals surface area contributed by atoms with E-state index in [-0.39, 0.29) is 0 Å². The summed E-state index contributed by atoms with van der Waals surface area (Å²) in [5, 5.41) is 9.96. The van der Waals surface area contributed by atoms with Crippen LogP contribution in [0.2, 0.25) is 0 Å². The van der Waals surface area contributed by atoms with E-state index in [4.69, 9.17) is 5.73 Å². The minimum Gasteiger partial charge on any atom is -0.399 e. The number of allylic oxidation sites excluding steroid dienone is 3. The summed E-state index contributed by atoms with van der Waals surface area (Å²) in [6.07, 6.45) is 5.19. The monoisotopic (exact) mass is 203 g/mol. The predicted octanol–water partition coefficient (Wildman–Crippen LogP) is 2.82. The molecule has 3 N–H and O–H groups in total. The Kier molecular flexibility index (Phi) is 4.13. The van der Waals surface area contributed by atoms with Gasteiger partial charge in [-0.05, 0) is 37.1 Å². The van der Waals surface area contributed by atoms with Crippen molar-refractivity contribution in [3.05, 3.63) is 53.6 Å². The molecule has 1 atom stereocenters. The molecule has 80 valence electrons. The van der Waals surface area contributed by atoms with Crippen molar-refractivity contribution in [3.8, 4) is 0 Å². The standard InChI is InChI=1S/C13H17NO/c1-3-4-5-10(2)13(15)11-6-8-12(14)9-7-11/h3-9,13,15H,14H2,1-2H3/b4-3-,10-5+. The molecular weight excluding hydrogens is 186 g/mol. The molecule has 2 nitrogen and oxygen atoms in total. The molecule has 1 unspecified atom stereocenters. The van der Waals surface area contributed by atoms with Gasteiger partial charge in [0.2, 0.25) is 0 Å². The minimum absolute atomic E-state index is 0.554. The van der Waals surface area contributed by atoms with Crippen LogP contribution in [0, 0.1) is 0 Å². The highest BCUT2D eigenvalue weighted by Crippen LogP contribution is 2.21. The third kappa shape index (κ3) is 3.26. The first-order valence-electron chi connectivity index (χ1n) is 4.98. The number of nitrogens with two attached hydrogens (primary N) is 1. The summed E-state index contributed by atoms with van der Waals surface area (Å²) in [4.78, 5) is 0. The fraction of sp³-hybridized carbons (Fsp3) is 0.231. The van der Waals surface area contributed by atoms with E-state index in [1.807, 2.05) is 44.2 Å². The van der Waals surface area contributed by atoms with Gasteiger partial charge in [0, 0.05) is 5.69 Å². The Morgan fingerprint density at radius 3 is 2.47 bits per heavy atom. The first-order chi connectivity index (χ1) is 7.15. The average Bonchev–Trinajstić information content (AvgIpc) is 2.26. The summed E-state index contributed by atoms with van der Waals surface area (Å²) in [7, 11) is 0. The smallest absolute Gasteiger partial charge is 0.100 e. The summed E-state index contributed by atoms with van der Waals surface area (Å²) in [6.45, 7) is 3.85. The van der Waals surface area contributed by atoms with Gasteiger partial charge in [-0.3, -0.25) is 0 Å². The Labute approximate surface area is 90.7 Å². The molecule has 1 rings (SSSR count). The number of anilines is 1. The maximum Gasteiger partial charge on any atom is 0.100 e. The highest BCUT2D eigenvalue weighted by Gasteiger charge is 2.07. The largest absolute Gasteiger partial charge is 0.399 e. The Hall–Kier alpha value is -1.54. The lowest BCUT2D eigenvalue weighted by molar-refractivity contribution is 0.216. The van der Waals surface area contributed by atoms with Gasteiger partial charge in [0.1, 0.15) is 6.10 Å². The molecule has 0 fully saturated rings. The van der Waals surface area contributed by atoms with Gasteiger partial charge in [-0.2, -0.15) is 0 Å². The van der Waals surface area contributed by atoms with Crippen molar-refractivity contribution in [3.63, 3.8) is 0 Å². The normalized spacial score (nSPS) is 14.5. The summed E-state index contributed by atoms with van der Waals surface area (Å²) in [5.74, 6) is 0. The van der Waals surface area contributed by atoms with Gasteiger partial charge in [-0.15, -0.1) is 0 Å². The molecule has 0 aliphatic carbocycles. The maximum atomic E-state index is 9.96. The van der Waals surface area contributed by atoms with Gasteiger partial charge in [0.15, 0.2) is 0 Å². The zero-order valence-electron chi connectivity index (χ0n) is 9.14. The summed E-state index contributed by atoms with van der Waals surface area (Å²) in [6, 6.07) is 7.27. The summed E-state index contributed by atoms with van der Waals surface area (Å²) >= 11 is 0. The van der Waals surface area contributed by atoms with Crippen molar-refractivity contribution < 1.29 is 5.11 Å². The summed E-state index contributed by atoms with van der Waals surface area (Å²) in [5.41, 5.74) is 8.06. The number of hydrogen-bond acceptors (Lipinski definition) is 2. The second-order valence-corrected chi connectivity index (χ2v) is 3.51. The Bertz CT molecular complexity index is 363. The van der Waals surface area contributed by atoms with Crippen LogP contribution in [0.15, 0.2) is 48.1 Å². The Morgan fingerprint density at radius 2 is 1.93 bits per heavy atom. The molecule has 15 heavy (non-hydrogen) atoms. The van der Waals surface area contributed by atoms with Crippen molar-refractivity contribution in [1.29, 1.82) is 0 Å². The first-order valence-corrected chi connectivity index (χ1v) is 4.98. The van der Waals surface area contributed by atoms with E-state index in [9.17, 15) is 5.11 Å². The number of aliphatic hydroxyl groups excluding tert-OH is 1. The van der Waals surface area contributed by atoms with E-state index >= 15 is 0 Å². The van der Waals surface area contributed by atoms with Crippen molar-refractivity contribution >= 4 is 5.69 Å². The highest BCUT2D eigenvalue weighted by atomic mass is 16.3. The lowest BCUT2D eigenvalue weighted by Crippen LogP contribution is -1.98. The molecule has 0 radical (unpaired) electrons. The van der Waals surface area contributed by atoms with E-state index in [1.54, 1.807) is 12.1 Å². The molecule has 0 saturated heterocycles. The fourth-order valence-electron chi connectivity index (χ4n) is 1.28. The van der Waals surface area contributed by atoms with E-state index in [0.717, 1.165) is 11.1 Å². The third-order valence-corrected chi connectivity index (χ3v) is 2.24. The van der Waals surface area contributed by atoms with E-state index in [2.05, 4.69) is 0 Å². The Balaban J connectivity index is 2.84. The molecule has 0 amide bonds. The van der Waals surface area contributed by atoms with Gasteiger partial charge in [0.25, 0.3) is 0 Å². The fourth-order valence-corrected chi connectivity index (χ4v) is 1.28. The van der Waals surface area contributed by atoms with Crippen molar-refractivity contribution in [2.75, 3.05) is 5.73 Å². The number of benzene rings is 1. The van der Waals surface area contributed by atoms with Crippen molar-refractivity contribution in [2.45, 2.75) is 20.0 Å². The molecule has 0 spiro atoms. The molecular formula is C13H17NO. The number of nitrogen functional groups attached to an aromatic ring is 1. The molecule has 1 aromatic rings. The second-order valence-electron chi connectivity index (χ2n) is 3.51.